The van der Waals surface area contributed by atoms with E-state index in [1.54, 1.807) is 24.5 Å². The van der Waals surface area contributed by atoms with E-state index in [-0.39, 0.29) is 5.91 Å². The van der Waals surface area contributed by atoms with Crippen LogP contribution >= 0.6 is 0 Å². The third kappa shape index (κ3) is 4.81. The van der Waals surface area contributed by atoms with E-state index in [0.717, 1.165) is 22.5 Å². The highest BCUT2D eigenvalue weighted by molar-refractivity contribution is 5.95. The van der Waals surface area contributed by atoms with E-state index in [4.69, 9.17) is 0 Å². The molecule has 0 fully saturated rings. The number of nitrogens with one attached hydrogen (secondary N) is 2. The van der Waals surface area contributed by atoms with Gasteiger partial charge >= 0.3 is 0 Å². The van der Waals surface area contributed by atoms with Crippen LogP contribution in [0, 0.1) is 0 Å². The molecular weight excluding hydrogens is 362 g/mol. The molecule has 1 amide bonds. The minimum atomic E-state index is -0.150. The zero-order valence-corrected chi connectivity index (χ0v) is 15.6. The van der Waals surface area contributed by atoms with E-state index in [1.807, 2.05) is 66.7 Å². The number of carbonyl (C=O) groups is 1. The normalized spacial score (nSPS) is 10.3. The SMILES string of the molecule is O=C(NCc1cccnc1)c1cccc(Nc2ccc(-c3ccccc3)nn2)c1. The van der Waals surface area contributed by atoms with Crippen molar-refractivity contribution >= 4 is 17.4 Å². The maximum atomic E-state index is 12.4. The number of benzene rings is 2. The predicted molar refractivity (Wildman–Crippen MR) is 113 cm³/mol. The van der Waals surface area contributed by atoms with E-state index in [9.17, 15) is 4.79 Å². The summed E-state index contributed by atoms with van der Waals surface area (Å²) in [5.41, 5.74) is 4.09. The second-order valence-corrected chi connectivity index (χ2v) is 6.42. The van der Waals surface area contributed by atoms with E-state index in [0.29, 0.717) is 17.9 Å². The molecular formula is C23H19N5O. The first-order chi connectivity index (χ1) is 14.3. The quantitative estimate of drug-likeness (QED) is 0.523. The average molecular weight is 381 g/mol. The third-order valence-corrected chi connectivity index (χ3v) is 4.31. The second-order valence-electron chi connectivity index (χ2n) is 6.42. The van der Waals surface area contributed by atoms with E-state index < -0.39 is 0 Å². The molecule has 6 nitrogen and oxygen atoms in total. The van der Waals surface area contributed by atoms with Crippen LogP contribution in [0.25, 0.3) is 11.3 Å². The van der Waals surface area contributed by atoms with Gasteiger partial charge < -0.3 is 10.6 Å². The summed E-state index contributed by atoms with van der Waals surface area (Å²) in [5, 5.41) is 14.6. The molecule has 2 heterocycles. The Morgan fingerprint density at radius 1 is 0.862 bits per heavy atom. The fourth-order valence-corrected chi connectivity index (χ4v) is 2.83. The molecule has 0 atom stereocenters. The van der Waals surface area contributed by atoms with Gasteiger partial charge in [0.05, 0.1) is 5.69 Å². The van der Waals surface area contributed by atoms with Crippen molar-refractivity contribution in [3.63, 3.8) is 0 Å². The van der Waals surface area contributed by atoms with Crippen LogP contribution in [0.2, 0.25) is 0 Å². The van der Waals surface area contributed by atoms with Gasteiger partial charge in [-0.1, -0.05) is 42.5 Å². The van der Waals surface area contributed by atoms with Crippen LogP contribution in [0.3, 0.4) is 0 Å². The van der Waals surface area contributed by atoms with Crippen molar-refractivity contribution in [2.45, 2.75) is 6.54 Å². The summed E-state index contributed by atoms with van der Waals surface area (Å²) < 4.78 is 0. The Labute approximate surface area is 168 Å². The van der Waals surface area contributed by atoms with Crippen molar-refractivity contribution in [2.24, 2.45) is 0 Å². The fourth-order valence-electron chi connectivity index (χ4n) is 2.83. The van der Waals surface area contributed by atoms with Gasteiger partial charge in [0, 0.05) is 35.8 Å². The monoisotopic (exact) mass is 381 g/mol. The van der Waals surface area contributed by atoms with Gasteiger partial charge in [0.1, 0.15) is 0 Å². The van der Waals surface area contributed by atoms with Gasteiger partial charge in [-0.3, -0.25) is 9.78 Å². The maximum Gasteiger partial charge on any atom is 0.251 e. The molecule has 142 valence electrons. The molecule has 0 saturated heterocycles. The molecule has 2 N–H and O–H groups in total. The van der Waals surface area contributed by atoms with Crippen LogP contribution < -0.4 is 10.6 Å². The summed E-state index contributed by atoms with van der Waals surface area (Å²) in [5.74, 6) is 0.459. The van der Waals surface area contributed by atoms with Gasteiger partial charge in [0.2, 0.25) is 0 Å². The lowest BCUT2D eigenvalue weighted by Gasteiger charge is -2.09. The van der Waals surface area contributed by atoms with Gasteiger partial charge in [-0.05, 0) is 42.0 Å². The number of carbonyl (C=O) groups excluding carboxylic acids is 1. The summed E-state index contributed by atoms with van der Waals surface area (Å²) in [7, 11) is 0. The zero-order chi connectivity index (χ0) is 19.9. The first-order valence-corrected chi connectivity index (χ1v) is 9.21. The first-order valence-electron chi connectivity index (χ1n) is 9.21. The highest BCUT2D eigenvalue weighted by atomic mass is 16.1. The summed E-state index contributed by atoms with van der Waals surface area (Å²) in [6.07, 6.45) is 3.44. The molecule has 4 rings (SSSR count). The average Bonchev–Trinajstić information content (AvgIpc) is 2.79. The molecule has 0 radical (unpaired) electrons. The lowest BCUT2D eigenvalue weighted by molar-refractivity contribution is 0.0951. The Hall–Kier alpha value is -4.06. The van der Waals surface area contributed by atoms with Crippen LogP contribution in [0.4, 0.5) is 11.5 Å². The number of anilines is 2. The molecule has 4 aromatic rings. The lowest BCUT2D eigenvalue weighted by atomic mass is 10.1. The largest absolute Gasteiger partial charge is 0.348 e. The predicted octanol–water partition coefficient (Wildman–Crippen LogP) is 4.21. The van der Waals surface area contributed by atoms with Gasteiger partial charge in [-0.2, -0.15) is 0 Å². The molecule has 0 aliphatic carbocycles. The fraction of sp³-hybridized carbons (Fsp3) is 0.0435. The van der Waals surface area contributed by atoms with Crippen LogP contribution in [0.15, 0.2) is 91.3 Å². The minimum Gasteiger partial charge on any atom is -0.348 e. The molecule has 0 saturated carbocycles. The van der Waals surface area contributed by atoms with Crippen LogP contribution in [-0.4, -0.2) is 21.1 Å². The van der Waals surface area contributed by atoms with E-state index in [1.165, 1.54) is 0 Å². The Balaban J connectivity index is 1.41. The van der Waals surface area contributed by atoms with Crippen molar-refractivity contribution in [3.8, 4) is 11.3 Å². The third-order valence-electron chi connectivity index (χ3n) is 4.31. The van der Waals surface area contributed by atoms with Gasteiger partial charge in [0.25, 0.3) is 5.91 Å². The number of amides is 1. The number of aromatic nitrogens is 3. The zero-order valence-electron chi connectivity index (χ0n) is 15.6. The number of hydrogen-bond acceptors (Lipinski definition) is 5. The van der Waals surface area contributed by atoms with Crippen LogP contribution in [0.5, 0.6) is 0 Å². The molecule has 2 aromatic heterocycles. The first kappa shape index (κ1) is 18.3. The van der Waals surface area contributed by atoms with E-state index >= 15 is 0 Å². The summed E-state index contributed by atoms with van der Waals surface area (Å²) in [6, 6.07) is 24.7. The summed E-state index contributed by atoms with van der Waals surface area (Å²) in [6.45, 7) is 0.427. The molecule has 29 heavy (non-hydrogen) atoms. The molecule has 0 aliphatic heterocycles. The van der Waals surface area contributed by atoms with Crippen LogP contribution in [0.1, 0.15) is 15.9 Å². The lowest BCUT2D eigenvalue weighted by Crippen LogP contribution is -2.22. The van der Waals surface area contributed by atoms with Gasteiger partial charge in [0.15, 0.2) is 5.82 Å². The molecule has 0 unspecified atom stereocenters. The van der Waals surface area contributed by atoms with Crippen molar-refractivity contribution < 1.29 is 4.79 Å². The van der Waals surface area contributed by atoms with Crippen molar-refractivity contribution in [2.75, 3.05) is 5.32 Å². The summed E-state index contributed by atoms with van der Waals surface area (Å²) in [4.78, 5) is 16.5. The minimum absolute atomic E-state index is 0.150. The molecule has 0 spiro atoms. The maximum absolute atomic E-state index is 12.4. The molecule has 0 aliphatic rings. The Bertz CT molecular complexity index is 1080. The highest BCUT2D eigenvalue weighted by Gasteiger charge is 2.07. The number of rotatable bonds is 6. The van der Waals surface area contributed by atoms with Crippen molar-refractivity contribution in [1.29, 1.82) is 0 Å². The number of hydrogen-bond donors (Lipinski definition) is 2. The topological polar surface area (TPSA) is 79.8 Å². The van der Waals surface area contributed by atoms with Gasteiger partial charge in [-0.15, -0.1) is 10.2 Å². The molecule has 0 bridgehead atoms. The smallest absolute Gasteiger partial charge is 0.251 e. The Morgan fingerprint density at radius 3 is 2.52 bits per heavy atom. The Morgan fingerprint density at radius 2 is 1.76 bits per heavy atom. The molecule has 2 aromatic carbocycles. The van der Waals surface area contributed by atoms with Crippen molar-refractivity contribution in [1.82, 2.24) is 20.5 Å². The highest BCUT2D eigenvalue weighted by Crippen LogP contribution is 2.19. The molecule has 6 heteroatoms. The van der Waals surface area contributed by atoms with Crippen molar-refractivity contribution in [3.05, 3.63) is 102 Å². The Kier molecular flexibility index (Phi) is 5.53. The number of nitrogens with zero attached hydrogens (tertiary/aromatic N) is 3. The number of pyridine rings is 1. The van der Waals surface area contributed by atoms with Gasteiger partial charge in [-0.25, -0.2) is 0 Å². The standard InChI is InChI=1S/C23H19N5O/c29-23(25-16-17-6-5-13-24-15-17)19-9-4-10-20(14-19)26-22-12-11-21(27-28-22)18-7-2-1-3-8-18/h1-15H,16H2,(H,25,29)(H,26,28). The van der Waals surface area contributed by atoms with Crippen LogP contribution in [-0.2, 0) is 6.54 Å². The van der Waals surface area contributed by atoms with E-state index in [2.05, 4.69) is 25.8 Å². The summed E-state index contributed by atoms with van der Waals surface area (Å²) >= 11 is 0. The second kappa shape index (κ2) is 8.75.